The van der Waals surface area contributed by atoms with Crippen molar-refractivity contribution < 1.29 is 5.11 Å². The molecule has 2 unspecified atom stereocenters. The molecule has 2 nitrogen and oxygen atoms in total. The van der Waals surface area contributed by atoms with Crippen molar-refractivity contribution in [1.82, 2.24) is 0 Å². The van der Waals surface area contributed by atoms with Crippen LogP contribution in [-0.2, 0) is 0 Å². The Balaban J connectivity index is 2.39. The van der Waals surface area contributed by atoms with Gasteiger partial charge in [-0.15, -0.1) is 0 Å². The lowest BCUT2D eigenvalue weighted by atomic mass is 9.88. The van der Waals surface area contributed by atoms with E-state index in [0.717, 1.165) is 16.7 Å². The quantitative estimate of drug-likeness (QED) is 0.894. The Kier molecular flexibility index (Phi) is 5.06. The molecule has 0 aliphatic rings. The van der Waals surface area contributed by atoms with Gasteiger partial charge in [-0.3, -0.25) is 0 Å². The third-order valence-electron chi connectivity index (χ3n) is 3.35. The van der Waals surface area contributed by atoms with E-state index in [1.54, 1.807) is 12.1 Å². The zero-order valence-electron chi connectivity index (χ0n) is 11.2. The number of hydrogen-bond donors (Lipinski definition) is 2. The van der Waals surface area contributed by atoms with Crippen molar-refractivity contribution >= 4 is 23.2 Å². The van der Waals surface area contributed by atoms with Crippen molar-refractivity contribution in [2.75, 3.05) is 6.54 Å². The van der Waals surface area contributed by atoms with E-state index in [4.69, 9.17) is 28.9 Å². The van der Waals surface area contributed by atoms with E-state index in [1.807, 2.05) is 37.3 Å². The maximum Gasteiger partial charge on any atom is 0.0871 e. The number of hydrogen-bond acceptors (Lipinski definition) is 2. The molecule has 0 aromatic heterocycles. The van der Waals surface area contributed by atoms with Gasteiger partial charge in [0, 0.05) is 22.5 Å². The predicted molar refractivity (Wildman–Crippen MR) is 84.4 cm³/mol. The molecule has 0 spiro atoms. The summed E-state index contributed by atoms with van der Waals surface area (Å²) >= 11 is 12.3. The summed E-state index contributed by atoms with van der Waals surface area (Å²) in [5, 5.41) is 11.8. The Morgan fingerprint density at radius 2 is 1.85 bits per heavy atom. The number of aliphatic hydroxyl groups excluding tert-OH is 1. The lowest BCUT2D eigenvalue weighted by molar-refractivity contribution is 0.147. The molecule has 0 radical (unpaired) electrons. The number of aliphatic hydroxyl groups is 1. The maximum absolute atomic E-state index is 10.6. The molecule has 0 aliphatic heterocycles. The van der Waals surface area contributed by atoms with Crippen LogP contribution in [-0.4, -0.2) is 11.7 Å². The lowest BCUT2D eigenvalue weighted by Gasteiger charge is -2.23. The number of rotatable bonds is 4. The van der Waals surface area contributed by atoms with Gasteiger partial charge in [-0.2, -0.15) is 0 Å². The highest BCUT2D eigenvalue weighted by Gasteiger charge is 2.23. The Hall–Kier alpha value is -1.06. The Morgan fingerprint density at radius 3 is 2.45 bits per heavy atom. The molecule has 3 N–H and O–H groups in total. The third kappa shape index (κ3) is 3.33. The van der Waals surface area contributed by atoms with E-state index in [2.05, 4.69) is 0 Å². The standard InChI is InChI=1S/C16H17Cl2NO/c1-10-6-11(8-12(17)7-10)16(20)14(9-19)13-4-2-3-5-15(13)18/h2-8,14,16,20H,9,19H2,1H3. The van der Waals surface area contributed by atoms with Gasteiger partial charge >= 0.3 is 0 Å². The third-order valence-corrected chi connectivity index (χ3v) is 3.91. The van der Waals surface area contributed by atoms with Crippen LogP contribution in [0.2, 0.25) is 10.0 Å². The first kappa shape index (κ1) is 15.3. The fourth-order valence-electron chi connectivity index (χ4n) is 2.37. The summed E-state index contributed by atoms with van der Waals surface area (Å²) < 4.78 is 0. The van der Waals surface area contributed by atoms with Crippen molar-refractivity contribution in [1.29, 1.82) is 0 Å². The van der Waals surface area contributed by atoms with Crippen LogP contribution >= 0.6 is 23.2 Å². The highest BCUT2D eigenvalue weighted by molar-refractivity contribution is 6.31. The van der Waals surface area contributed by atoms with Crippen molar-refractivity contribution in [3.8, 4) is 0 Å². The van der Waals surface area contributed by atoms with Crippen LogP contribution in [0.1, 0.15) is 28.7 Å². The van der Waals surface area contributed by atoms with Gasteiger partial charge in [-0.25, -0.2) is 0 Å². The second-order valence-corrected chi connectivity index (χ2v) is 5.71. The van der Waals surface area contributed by atoms with Crippen molar-refractivity contribution in [2.24, 2.45) is 5.73 Å². The predicted octanol–water partition coefficient (Wildman–Crippen LogP) is 4.08. The number of nitrogens with two attached hydrogens (primary N) is 1. The summed E-state index contributed by atoms with van der Waals surface area (Å²) in [6, 6.07) is 13.0. The summed E-state index contributed by atoms with van der Waals surface area (Å²) in [5.41, 5.74) is 8.44. The average molecular weight is 310 g/mol. The number of benzene rings is 2. The molecule has 0 saturated heterocycles. The summed E-state index contributed by atoms with van der Waals surface area (Å²) in [5.74, 6) is -0.262. The maximum atomic E-state index is 10.6. The van der Waals surface area contributed by atoms with Crippen LogP contribution in [0.4, 0.5) is 0 Å². The fraction of sp³-hybridized carbons (Fsp3) is 0.250. The van der Waals surface area contributed by atoms with E-state index in [1.165, 1.54) is 0 Å². The molecule has 0 bridgehead atoms. The van der Waals surface area contributed by atoms with Gasteiger partial charge in [0.15, 0.2) is 0 Å². The van der Waals surface area contributed by atoms with Gasteiger partial charge in [0.2, 0.25) is 0 Å². The van der Waals surface area contributed by atoms with Gasteiger partial charge in [-0.1, -0.05) is 47.5 Å². The summed E-state index contributed by atoms with van der Waals surface area (Å²) in [4.78, 5) is 0. The SMILES string of the molecule is Cc1cc(Cl)cc(C(O)C(CN)c2ccccc2Cl)c1. The molecule has 2 atom stereocenters. The van der Waals surface area contributed by atoms with Crippen molar-refractivity contribution in [3.63, 3.8) is 0 Å². The number of halogens is 2. The Bertz CT molecular complexity index is 581. The molecule has 4 heteroatoms. The Morgan fingerprint density at radius 1 is 1.15 bits per heavy atom. The van der Waals surface area contributed by atoms with E-state index < -0.39 is 6.10 Å². The van der Waals surface area contributed by atoms with E-state index in [9.17, 15) is 5.11 Å². The van der Waals surface area contributed by atoms with Crippen molar-refractivity contribution in [2.45, 2.75) is 18.9 Å². The fourth-order valence-corrected chi connectivity index (χ4v) is 2.94. The van der Waals surface area contributed by atoms with E-state index in [0.29, 0.717) is 16.6 Å². The first-order valence-corrected chi connectivity index (χ1v) is 7.18. The molecule has 0 heterocycles. The molecule has 2 aromatic rings. The van der Waals surface area contributed by atoms with Crippen LogP contribution in [0.3, 0.4) is 0 Å². The summed E-state index contributed by atoms with van der Waals surface area (Å²) in [6.45, 7) is 2.24. The average Bonchev–Trinajstić information content (AvgIpc) is 2.40. The molecule has 106 valence electrons. The van der Waals surface area contributed by atoms with Crippen LogP contribution in [0.15, 0.2) is 42.5 Å². The topological polar surface area (TPSA) is 46.2 Å². The van der Waals surface area contributed by atoms with E-state index >= 15 is 0 Å². The van der Waals surface area contributed by atoms with Gasteiger partial charge in [0.25, 0.3) is 0 Å². The smallest absolute Gasteiger partial charge is 0.0871 e. The highest BCUT2D eigenvalue weighted by Crippen LogP contribution is 2.35. The second-order valence-electron chi connectivity index (χ2n) is 4.87. The highest BCUT2D eigenvalue weighted by atomic mass is 35.5. The molecule has 0 fully saturated rings. The monoisotopic (exact) mass is 309 g/mol. The van der Waals surface area contributed by atoms with Crippen LogP contribution in [0.25, 0.3) is 0 Å². The molecular formula is C16H17Cl2NO. The minimum Gasteiger partial charge on any atom is -0.388 e. The first-order chi connectivity index (χ1) is 9.52. The van der Waals surface area contributed by atoms with Crippen LogP contribution in [0, 0.1) is 6.92 Å². The van der Waals surface area contributed by atoms with Gasteiger partial charge < -0.3 is 10.8 Å². The normalized spacial score (nSPS) is 14.1. The second kappa shape index (κ2) is 6.59. The summed E-state index contributed by atoms with van der Waals surface area (Å²) in [6.07, 6.45) is -0.739. The molecule has 2 rings (SSSR count). The number of aryl methyl sites for hydroxylation is 1. The van der Waals surface area contributed by atoms with Crippen LogP contribution < -0.4 is 5.73 Å². The molecule has 0 amide bonds. The van der Waals surface area contributed by atoms with Gasteiger partial charge in [0.1, 0.15) is 0 Å². The molecule has 0 saturated carbocycles. The van der Waals surface area contributed by atoms with Crippen LogP contribution in [0.5, 0.6) is 0 Å². The lowest BCUT2D eigenvalue weighted by Crippen LogP contribution is -2.20. The van der Waals surface area contributed by atoms with Crippen molar-refractivity contribution in [3.05, 3.63) is 69.2 Å². The molecule has 20 heavy (non-hydrogen) atoms. The minimum atomic E-state index is -0.739. The largest absolute Gasteiger partial charge is 0.388 e. The molecule has 2 aromatic carbocycles. The molecule has 0 aliphatic carbocycles. The van der Waals surface area contributed by atoms with E-state index in [-0.39, 0.29) is 5.92 Å². The zero-order chi connectivity index (χ0) is 14.7. The summed E-state index contributed by atoms with van der Waals surface area (Å²) in [7, 11) is 0. The van der Waals surface area contributed by atoms with Gasteiger partial charge in [0.05, 0.1) is 6.10 Å². The van der Waals surface area contributed by atoms with Gasteiger partial charge in [-0.05, 0) is 41.8 Å². The first-order valence-electron chi connectivity index (χ1n) is 6.42. The molecular weight excluding hydrogens is 293 g/mol. The Labute approximate surface area is 129 Å². The zero-order valence-corrected chi connectivity index (χ0v) is 12.7. The minimum absolute atomic E-state index is 0.262.